The molecular weight excluding hydrogens is 176 g/mol. The smallest absolute Gasteiger partial charge is 0.309 e. The van der Waals surface area contributed by atoms with Crippen LogP contribution < -0.4 is 0 Å². The zero-order valence-electron chi connectivity index (χ0n) is 9.12. The average Bonchev–Trinajstić information content (AvgIpc) is 2.59. The Hall–Kier alpha value is -0.530. The van der Waals surface area contributed by atoms with Crippen molar-refractivity contribution >= 4 is 5.97 Å². The van der Waals surface area contributed by atoms with Gasteiger partial charge in [-0.1, -0.05) is 20.8 Å². The van der Waals surface area contributed by atoms with Gasteiger partial charge in [-0.3, -0.25) is 4.79 Å². The summed E-state index contributed by atoms with van der Waals surface area (Å²) in [5.74, 6) is 2.22. The van der Waals surface area contributed by atoms with Gasteiger partial charge >= 0.3 is 5.97 Å². The van der Waals surface area contributed by atoms with Crippen LogP contribution in [0.25, 0.3) is 0 Å². The number of carbonyl (C=O) groups excluding carboxylic acids is 1. The molecule has 0 N–H and O–H groups in total. The maximum absolute atomic E-state index is 11.7. The van der Waals surface area contributed by atoms with Gasteiger partial charge in [-0.2, -0.15) is 0 Å². The monoisotopic (exact) mass is 194 g/mol. The highest BCUT2D eigenvalue weighted by Gasteiger charge is 2.63. The summed E-state index contributed by atoms with van der Waals surface area (Å²) in [6.07, 6.45) is 2.66. The average molecular weight is 194 g/mol. The van der Waals surface area contributed by atoms with E-state index in [9.17, 15) is 4.79 Å². The molecule has 1 saturated heterocycles. The van der Waals surface area contributed by atoms with Gasteiger partial charge in [0, 0.05) is 5.92 Å². The predicted octanol–water partition coefficient (Wildman–Crippen LogP) is 2.23. The molecule has 2 aliphatic carbocycles. The Labute approximate surface area is 85.0 Å². The van der Waals surface area contributed by atoms with Gasteiger partial charge < -0.3 is 4.74 Å². The Morgan fingerprint density at radius 3 is 2.64 bits per heavy atom. The third-order valence-electron chi connectivity index (χ3n) is 4.48. The van der Waals surface area contributed by atoms with Crippen molar-refractivity contribution in [2.75, 3.05) is 0 Å². The van der Waals surface area contributed by atoms with Crippen LogP contribution in [0, 0.1) is 29.1 Å². The second-order valence-corrected chi connectivity index (χ2v) is 6.29. The van der Waals surface area contributed by atoms with Gasteiger partial charge in [0.05, 0.1) is 5.92 Å². The highest BCUT2D eigenvalue weighted by atomic mass is 16.6. The van der Waals surface area contributed by atoms with Crippen LogP contribution in [0.1, 0.15) is 33.6 Å². The van der Waals surface area contributed by atoms with Gasteiger partial charge in [0.25, 0.3) is 0 Å². The van der Waals surface area contributed by atoms with E-state index in [-0.39, 0.29) is 23.4 Å². The highest BCUT2D eigenvalue weighted by molar-refractivity contribution is 5.77. The van der Waals surface area contributed by atoms with E-state index in [1.165, 1.54) is 6.42 Å². The summed E-state index contributed by atoms with van der Waals surface area (Å²) in [5.41, 5.74) is 0.262. The standard InChI is InChI=1S/C12H18O2/c1-12(2,3)10-6-4-7-8(5-6)14-11(13)9(7)10/h6-10H,4-5H2,1-3H3. The fraction of sp³-hybridized carbons (Fsp3) is 0.917. The van der Waals surface area contributed by atoms with E-state index >= 15 is 0 Å². The van der Waals surface area contributed by atoms with Gasteiger partial charge in [0.1, 0.15) is 6.10 Å². The van der Waals surface area contributed by atoms with E-state index in [0.29, 0.717) is 11.8 Å². The lowest BCUT2D eigenvalue weighted by Crippen LogP contribution is -2.35. The van der Waals surface area contributed by atoms with Gasteiger partial charge in [0.15, 0.2) is 0 Å². The minimum absolute atomic E-state index is 0.0972. The number of hydrogen-bond acceptors (Lipinski definition) is 2. The van der Waals surface area contributed by atoms with Crippen LogP contribution in [0.2, 0.25) is 0 Å². The van der Waals surface area contributed by atoms with E-state index in [1.54, 1.807) is 0 Å². The molecule has 0 spiro atoms. The first-order valence-electron chi connectivity index (χ1n) is 5.69. The molecule has 1 heterocycles. The molecule has 3 fully saturated rings. The first-order chi connectivity index (χ1) is 6.48. The molecule has 0 amide bonds. The molecule has 2 heteroatoms. The van der Waals surface area contributed by atoms with Gasteiger partial charge in [-0.05, 0) is 30.1 Å². The molecule has 0 aromatic carbocycles. The zero-order valence-corrected chi connectivity index (χ0v) is 9.12. The second kappa shape index (κ2) is 2.34. The molecule has 5 atom stereocenters. The summed E-state index contributed by atoms with van der Waals surface area (Å²) in [4.78, 5) is 11.7. The molecule has 2 saturated carbocycles. The Bertz CT molecular complexity index is 287. The summed E-state index contributed by atoms with van der Waals surface area (Å²) < 4.78 is 5.43. The van der Waals surface area contributed by atoms with E-state index in [2.05, 4.69) is 20.8 Å². The van der Waals surface area contributed by atoms with Crippen LogP contribution in [-0.4, -0.2) is 12.1 Å². The first-order valence-corrected chi connectivity index (χ1v) is 5.69. The minimum atomic E-state index is 0.0972. The predicted molar refractivity (Wildman–Crippen MR) is 52.5 cm³/mol. The fourth-order valence-electron chi connectivity index (χ4n) is 4.23. The maximum Gasteiger partial charge on any atom is 0.309 e. The summed E-state index contributed by atoms with van der Waals surface area (Å²) >= 11 is 0. The molecule has 1 aliphatic heterocycles. The Balaban J connectivity index is 1.99. The number of hydrogen-bond donors (Lipinski definition) is 0. The quantitative estimate of drug-likeness (QED) is 0.553. The third kappa shape index (κ3) is 0.896. The lowest BCUT2D eigenvalue weighted by atomic mass is 9.67. The largest absolute Gasteiger partial charge is 0.462 e. The number of carbonyl (C=O) groups is 1. The molecule has 5 unspecified atom stereocenters. The maximum atomic E-state index is 11.7. The van der Waals surface area contributed by atoms with Gasteiger partial charge in [-0.15, -0.1) is 0 Å². The lowest BCUT2D eigenvalue weighted by molar-refractivity contribution is -0.144. The number of rotatable bonds is 0. The van der Waals surface area contributed by atoms with Crippen molar-refractivity contribution in [1.29, 1.82) is 0 Å². The summed E-state index contributed by atoms with van der Waals surface area (Å²) in [6, 6.07) is 0. The molecule has 2 nitrogen and oxygen atoms in total. The SMILES string of the molecule is CC(C)(C)C1C2CC3OC(=O)C1C3C2. The van der Waals surface area contributed by atoms with Crippen LogP contribution in [0.4, 0.5) is 0 Å². The molecule has 3 aliphatic rings. The summed E-state index contributed by atoms with van der Waals surface area (Å²) in [5, 5.41) is 0. The topological polar surface area (TPSA) is 26.3 Å². The van der Waals surface area contributed by atoms with E-state index < -0.39 is 0 Å². The highest BCUT2D eigenvalue weighted by Crippen LogP contribution is 2.62. The van der Waals surface area contributed by atoms with Crippen molar-refractivity contribution in [2.45, 2.75) is 39.7 Å². The Kier molecular flexibility index (Phi) is 1.46. The van der Waals surface area contributed by atoms with Crippen molar-refractivity contribution in [3.63, 3.8) is 0 Å². The van der Waals surface area contributed by atoms with Crippen LogP contribution in [0.3, 0.4) is 0 Å². The van der Waals surface area contributed by atoms with Crippen LogP contribution in [0.15, 0.2) is 0 Å². The molecule has 0 aromatic heterocycles. The molecular formula is C12H18O2. The zero-order chi connectivity index (χ0) is 10.1. The Morgan fingerprint density at radius 2 is 2.00 bits per heavy atom. The van der Waals surface area contributed by atoms with Gasteiger partial charge in [-0.25, -0.2) is 0 Å². The van der Waals surface area contributed by atoms with E-state index in [1.807, 2.05) is 0 Å². The lowest BCUT2D eigenvalue weighted by Gasteiger charge is -2.35. The molecule has 2 bridgehead atoms. The summed E-state index contributed by atoms with van der Waals surface area (Å²) in [7, 11) is 0. The summed E-state index contributed by atoms with van der Waals surface area (Å²) in [6.45, 7) is 6.79. The Morgan fingerprint density at radius 1 is 1.29 bits per heavy atom. The molecule has 3 rings (SSSR count). The third-order valence-corrected chi connectivity index (χ3v) is 4.48. The van der Waals surface area contributed by atoms with Crippen LogP contribution in [0.5, 0.6) is 0 Å². The van der Waals surface area contributed by atoms with E-state index in [0.717, 1.165) is 12.3 Å². The van der Waals surface area contributed by atoms with E-state index in [4.69, 9.17) is 4.74 Å². The van der Waals surface area contributed by atoms with Crippen molar-refractivity contribution in [3.05, 3.63) is 0 Å². The fourth-order valence-corrected chi connectivity index (χ4v) is 4.23. The second-order valence-electron chi connectivity index (χ2n) is 6.29. The molecule has 78 valence electrons. The molecule has 0 aromatic rings. The number of ether oxygens (including phenoxy) is 1. The minimum Gasteiger partial charge on any atom is -0.462 e. The van der Waals surface area contributed by atoms with Crippen LogP contribution in [-0.2, 0) is 9.53 Å². The van der Waals surface area contributed by atoms with Crippen molar-refractivity contribution in [3.8, 4) is 0 Å². The molecule has 14 heavy (non-hydrogen) atoms. The van der Waals surface area contributed by atoms with Crippen molar-refractivity contribution in [2.24, 2.45) is 29.1 Å². The normalized spacial score (nSPS) is 49.9. The number of esters is 1. The van der Waals surface area contributed by atoms with Crippen molar-refractivity contribution in [1.82, 2.24) is 0 Å². The van der Waals surface area contributed by atoms with Crippen molar-refractivity contribution < 1.29 is 9.53 Å². The first kappa shape index (κ1) is 8.75. The number of fused-ring (bicyclic) bond motifs is 1. The van der Waals surface area contributed by atoms with Gasteiger partial charge in [0.2, 0.25) is 0 Å². The van der Waals surface area contributed by atoms with Crippen LogP contribution >= 0.6 is 0 Å². The molecule has 0 radical (unpaired) electrons.